The topological polar surface area (TPSA) is 40.5 Å². The molecule has 0 aliphatic rings. The molecule has 0 aromatic heterocycles. The number of hydrogen-bond donors (Lipinski definition) is 1. The minimum Gasteiger partial charge on any atom is -0.478 e. The van der Waals surface area contributed by atoms with Gasteiger partial charge in [-0.2, -0.15) is 0 Å². The monoisotopic (exact) mass is 305 g/mol. The maximum atomic E-state index is 10.9. The summed E-state index contributed by atoms with van der Waals surface area (Å²) < 4.78 is 0.758. The molecule has 0 aliphatic heterocycles. The molecule has 0 radical (unpaired) electrons. The van der Waals surface area contributed by atoms with Gasteiger partial charge < -0.3 is 10.0 Å². The average Bonchev–Trinajstić information content (AvgIpc) is 2.38. The quantitative estimate of drug-likeness (QED) is 0.934. The predicted octanol–water partition coefficient (Wildman–Crippen LogP) is 3.92. The van der Waals surface area contributed by atoms with E-state index < -0.39 is 5.97 Å². The number of aromatic carboxylic acids is 1. The van der Waals surface area contributed by atoms with Crippen molar-refractivity contribution in [2.45, 2.75) is 0 Å². The molecule has 1 N–H and O–H groups in total. The Labute approximate surface area is 114 Å². The van der Waals surface area contributed by atoms with Crippen molar-refractivity contribution in [3.8, 4) is 0 Å². The van der Waals surface area contributed by atoms with E-state index in [1.54, 1.807) is 18.2 Å². The molecule has 92 valence electrons. The van der Waals surface area contributed by atoms with Gasteiger partial charge in [0.2, 0.25) is 0 Å². The lowest BCUT2D eigenvalue weighted by Gasteiger charge is -2.21. The average molecular weight is 306 g/mol. The highest BCUT2D eigenvalue weighted by atomic mass is 79.9. The van der Waals surface area contributed by atoms with Crippen LogP contribution < -0.4 is 4.90 Å². The summed E-state index contributed by atoms with van der Waals surface area (Å²) in [6.45, 7) is 0. The Bertz CT molecular complexity index is 569. The van der Waals surface area contributed by atoms with Crippen molar-refractivity contribution < 1.29 is 9.90 Å². The van der Waals surface area contributed by atoms with E-state index >= 15 is 0 Å². The van der Waals surface area contributed by atoms with Crippen LogP contribution in [0.5, 0.6) is 0 Å². The number of benzene rings is 2. The Morgan fingerprint density at radius 2 is 1.83 bits per heavy atom. The summed E-state index contributed by atoms with van der Waals surface area (Å²) in [5, 5.41) is 8.92. The Morgan fingerprint density at radius 3 is 2.39 bits per heavy atom. The second kappa shape index (κ2) is 5.23. The van der Waals surface area contributed by atoms with Gasteiger partial charge in [-0.1, -0.05) is 18.2 Å². The summed E-state index contributed by atoms with van der Waals surface area (Å²) in [7, 11) is 1.94. The molecule has 3 nitrogen and oxygen atoms in total. The highest BCUT2D eigenvalue weighted by molar-refractivity contribution is 9.10. The molecular formula is C14H12BrNO2. The predicted molar refractivity (Wildman–Crippen MR) is 75.6 cm³/mol. The molecule has 2 rings (SSSR count). The molecule has 2 aromatic rings. The number of halogens is 1. The zero-order valence-electron chi connectivity index (χ0n) is 9.80. The number of para-hydroxylation sites is 1. The first kappa shape index (κ1) is 12.6. The van der Waals surface area contributed by atoms with Crippen LogP contribution in [0.15, 0.2) is 53.0 Å². The molecule has 0 atom stereocenters. The van der Waals surface area contributed by atoms with Crippen LogP contribution >= 0.6 is 15.9 Å². The summed E-state index contributed by atoms with van der Waals surface area (Å²) in [6.07, 6.45) is 0. The summed E-state index contributed by atoms with van der Waals surface area (Å²) in [5.41, 5.74) is 2.24. The molecule has 2 aromatic carbocycles. The van der Waals surface area contributed by atoms with Crippen molar-refractivity contribution >= 4 is 33.3 Å². The molecule has 0 aliphatic carbocycles. The van der Waals surface area contributed by atoms with E-state index in [4.69, 9.17) is 5.11 Å². The Balaban J connectivity index is 2.37. The van der Waals surface area contributed by atoms with Crippen molar-refractivity contribution in [2.24, 2.45) is 0 Å². The fourth-order valence-corrected chi connectivity index (χ4v) is 2.35. The van der Waals surface area contributed by atoms with E-state index in [9.17, 15) is 4.79 Å². The zero-order valence-corrected chi connectivity index (χ0v) is 11.4. The molecule has 0 amide bonds. The smallest absolute Gasteiger partial charge is 0.335 e. The molecule has 18 heavy (non-hydrogen) atoms. The number of anilines is 2. The molecular weight excluding hydrogens is 294 g/mol. The van der Waals surface area contributed by atoms with Crippen LogP contribution in [0.25, 0.3) is 0 Å². The number of carboxylic acid groups (broad SMARTS) is 1. The third-order valence-corrected chi connectivity index (χ3v) is 3.33. The van der Waals surface area contributed by atoms with E-state index in [1.165, 1.54) is 0 Å². The Hall–Kier alpha value is -1.81. The lowest BCUT2D eigenvalue weighted by atomic mass is 10.2. The second-order valence-corrected chi connectivity index (χ2v) is 4.72. The second-order valence-electron chi connectivity index (χ2n) is 3.87. The fourth-order valence-electron chi connectivity index (χ4n) is 1.70. The zero-order chi connectivity index (χ0) is 13.1. The van der Waals surface area contributed by atoms with Crippen LogP contribution in [0.4, 0.5) is 11.4 Å². The summed E-state index contributed by atoms with van der Waals surface area (Å²) in [5.74, 6) is -0.926. The molecule has 0 spiro atoms. The van der Waals surface area contributed by atoms with Gasteiger partial charge in [0, 0.05) is 17.2 Å². The van der Waals surface area contributed by atoms with E-state index in [2.05, 4.69) is 15.9 Å². The van der Waals surface area contributed by atoms with Crippen LogP contribution in [0.1, 0.15) is 10.4 Å². The number of nitrogens with zero attached hydrogens (tertiary/aromatic N) is 1. The van der Waals surface area contributed by atoms with Gasteiger partial charge >= 0.3 is 5.97 Å². The Morgan fingerprint density at radius 1 is 1.17 bits per heavy atom. The highest BCUT2D eigenvalue weighted by Gasteiger charge is 2.10. The van der Waals surface area contributed by atoms with E-state index in [0.29, 0.717) is 0 Å². The summed E-state index contributed by atoms with van der Waals surface area (Å²) in [4.78, 5) is 12.9. The van der Waals surface area contributed by atoms with Crippen molar-refractivity contribution in [1.82, 2.24) is 0 Å². The number of hydrogen-bond acceptors (Lipinski definition) is 2. The minimum absolute atomic E-state index is 0.270. The third-order valence-electron chi connectivity index (χ3n) is 2.70. The maximum Gasteiger partial charge on any atom is 0.335 e. The van der Waals surface area contributed by atoms with E-state index in [-0.39, 0.29) is 5.56 Å². The van der Waals surface area contributed by atoms with Gasteiger partial charge in [-0.05, 0) is 46.3 Å². The molecule has 0 heterocycles. The van der Waals surface area contributed by atoms with Crippen molar-refractivity contribution in [1.29, 1.82) is 0 Å². The van der Waals surface area contributed by atoms with Gasteiger partial charge in [0.15, 0.2) is 0 Å². The van der Waals surface area contributed by atoms with Crippen LogP contribution in [0.2, 0.25) is 0 Å². The van der Waals surface area contributed by atoms with Crippen LogP contribution in [0.3, 0.4) is 0 Å². The first-order chi connectivity index (χ1) is 8.59. The van der Waals surface area contributed by atoms with Crippen molar-refractivity contribution in [3.05, 3.63) is 58.6 Å². The minimum atomic E-state index is -0.926. The van der Waals surface area contributed by atoms with Crippen LogP contribution in [-0.4, -0.2) is 18.1 Å². The largest absolute Gasteiger partial charge is 0.478 e. The van der Waals surface area contributed by atoms with Crippen LogP contribution in [0, 0.1) is 0 Å². The molecule has 0 unspecified atom stereocenters. The maximum absolute atomic E-state index is 10.9. The van der Waals surface area contributed by atoms with Crippen molar-refractivity contribution in [2.75, 3.05) is 11.9 Å². The van der Waals surface area contributed by atoms with E-state index in [1.807, 2.05) is 42.3 Å². The first-order valence-electron chi connectivity index (χ1n) is 5.41. The molecule has 4 heteroatoms. The standard InChI is InChI=1S/C14H12BrNO2/c1-16(11-5-3-2-4-6-11)13-8-7-10(14(17)18)9-12(13)15/h2-9H,1H3,(H,17,18). The van der Waals surface area contributed by atoms with Crippen molar-refractivity contribution in [3.63, 3.8) is 0 Å². The summed E-state index contributed by atoms with van der Waals surface area (Å²) in [6, 6.07) is 14.9. The van der Waals surface area contributed by atoms with Crippen LogP contribution in [-0.2, 0) is 0 Å². The van der Waals surface area contributed by atoms with Gasteiger partial charge in [-0.3, -0.25) is 0 Å². The van der Waals surface area contributed by atoms with Gasteiger partial charge in [-0.25, -0.2) is 4.79 Å². The number of rotatable bonds is 3. The molecule has 0 bridgehead atoms. The van der Waals surface area contributed by atoms with Gasteiger partial charge in [0.25, 0.3) is 0 Å². The molecule has 0 fully saturated rings. The first-order valence-corrected chi connectivity index (χ1v) is 6.20. The normalized spacial score (nSPS) is 10.1. The van der Waals surface area contributed by atoms with Gasteiger partial charge in [0.05, 0.1) is 11.3 Å². The molecule has 0 saturated heterocycles. The lowest BCUT2D eigenvalue weighted by Crippen LogP contribution is -2.10. The molecule has 0 saturated carbocycles. The fraction of sp³-hybridized carbons (Fsp3) is 0.0714. The van der Waals surface area contributed by atoms with Gasteiger partial charge in [-0.15, -0.1) is 0 Å². The number of carboxylic acids is 1. The Kier molecular flexibility index (Phi) is 3.67. The highest BCUT2D eigenvalue weighted by Crippen LogP contribution is 2.31. The SMILES string of the molecule is CN(c1ccccc1)c1ccc(C(=O)O)cc1Br. The third kappa shape index (κ3) is 2.54. The lowest BCUT2D eigenvalue weighted by molar-refractivity contribution is 0.0697. The summed E-state index contributed by atoms with van der Waals surface area (Å²) >= 11 is 3.41. The van der Waals surface area contributed by atoms with Gasteiger partial charge in [0.1, 0.15) is 0 Å². The van der Waals surface area contributed by atoms with E-state index in [0.717, 1.165) is 15.8 Å². The number of carbonyl (C=O) groups is 1.